The minimum atomic E-state index is 0.844. The molecule has 2 aromatic carbocycles. The summed E-state index contributed by atoms with van der Waals surface area (Å²) < 4.78 is 7.38. The van der Waals surface area contributed by atoms with Gasteiger partial charge >= 0.3 is 0 Å². The van der Waals surface area contributed by atoms with Gasteiger partial charge in [-0.2, -0.15) is 0 Å². The lowest BCUT2D eigenvalue weighted by Crippen LogP contribution is -1.99. The van der Waals surface area contributed by atoms with Gasteiger partial charge in [0.05, 0.1) is 23.7 Å². The van der Waals surface area contributed by atoms with Crippen LogP contribution in [0.4, 0.5) is 0 Å². The maximum atomic E-state index is 5.26. The lowest BCUT2D eigenvalue weighted by Gasteiger charge is -2.06. The Morgan fingerprint density at radius 1 is 1.08 bits per heavy atom. The molecule has 0 unspecified atom stereocenters. The van der Waals surface area contributed by atoms with Crippen molar-refractivity contribution in [3.63, 3.8) is 0 Å². The van der Waals surface area contributed by atoms with E-state index in [0.717, 1.165) is 44.4 Å². The van der Waals surface area contributed by atoms with Crippen LogP contribution in [0.25, 0.3) is 22.7 Å². The minimum Gasteiger partial charge on any atom is -0.497 e. The van der Waals surface area contributed by atoms with Crippen LogP contribution in [0.15, 0.2) is 53.9 Å². The molecule has 4 aromatic rings. The maximum Gasteiger partial charge on any atom is 0.143 e. The van der Waals surface area contributed by atoms with Gasteiger partial charge in [-0.05, 0) is 42.8 Å². The molecule has 4 rings (SSSR count). The smallest absolute Gasteiger partial charge is 0.143 e. The van der Waals surface area contributed by atoms with Crippen LogP contribution in [0.3, 0.4) is 0 Å². The van der Waals surface area contributed by atoms with Gasteiger partial charge in [0.25, 0.3) is 0 Å². The van der Waals surface area contributed by atoms with E-state index in [0.29, 0.717) is 0 Å². The topological polar surface area (TPSA) is 39.9 Å². The second-order valence-electron chi connectivity index (χ2n) is 6.11. The number of aryl methyl sites for hydroxylation is 2. The highest BCUT2D eigenvalue weighted by molar-refractivity contribution is 7.11. The van der Waals surface area contributed by atoms with Gasteiger partial charge in [0.1, 0.15) is 16.6 Å². The third-order valence-electron chi connectivity index (χ3n) is 4.30. The fraction of sp³-hybridized carbons (Fsp3) is 0.143. The molecule has 0 aliphatic heterocycles. The molecular weight excluding hydrogens is 342 g/mol. The van der Waals surface area contributed by atoms with Crippen LogP contribution in [-0.4, -0.2) is 21.6 Å². The average molecular weight is 361 g/mol. The van der Waals surface area contributed by atoms with Crippen molar-refractivity contribution < 1.29 is 4.74 Å². The van der Waals surface area contributed by atoms with Crippen LogP contribution in [-0.2, 0) is 7.05 Å². The summed E-state index contributed by atoms with van der Waals surface area (Å²) in [7, 11) is 3.72. The maximum absolute atomic E-state index is 5.26. The molecular formula is C21H19N3OS. The number of imidazole rings is 1. The summed E-state index contributed by atoms with van der Waals surface area (Å²) in [5.74, 6) is 1.76. The van der Waals surface area contributed by atoms with Crippen molar-refractivity contribution in [1.29, 1.82) is 0 Å². The van der Waals surface area contributed by atoms with Gasteiger partial charge in [0, 0.05) is 18.1 Å². The van der Waals surface area contributed by atoms with Crippen molar-refractivity contribution in [2.75, 3.05) is 7.11 Å². The van der Waals surface area contributed by atoms with Gasteiger partial charge in [-0.15, -0.1) is 11.3 Å². The van der Waals surface area contributed by atoms with Gasteiger partial charge in [-0.3, -0.25) is 0 Å². The van der Waals surface area contributed by atoms with E-state index in [2.05, 4.69) is 22.1 Å². The number of ether oxygens (including phenoxy) is 1. The molecule has 130 valence electrons. The summed E-state index contributed by atoms with van der Waals surface area (Å²) >= 11 is 1.64. The molecule has 26 heavy (non-hydrogen) atoms. The molecule has 0 aliphatic rings. The first-order valence-electron chi connectivity index (χ1n) is 8.36. The molecule has 0 N–H and O–H groups in total. The Morgan fingerprint density at radius 3 is 2.50 bits per heavy atom. The highest BCUT2D eigenvalue weighted by Crippen LogP contribution is 2.30. The molecule has 0 aliphatic carbocycles. The quantitative estimate of drug-likeness (QED) is 0.517. The molecule has 0 fully saturated rings. The molecule has 0 saturated carbocycles. The fourth-order valence-corrected chi connectivity index (χ4v) is 3.76. The van der Waals surface area contributed by atoms with Gasteiger partial charge in [0.15, 0.2) is 0 Å². The van der Waals surface area contributed by atoms with Crippen molar-refractivity contribution in [1.82, 2.24) is 14.5 Å². The summed E-state index contributed by atoms with van der Waals surface area (Å²) in [6.07, 6.45) is 2.14. The SMILES string of the molecule is COc1ccc(/C=C(\c2nc(C)cs2)c2nc3ccccc3n2C)cc1. The molecule has 0 spiro atoms. The summed E-state index contributed by atoms with van der Waals surface area (Å²) in [4.78, 5) is 9.57. The highest BCUT2D eigenvalue weighted by atomic mass is 32.1. The molecule has 4 nitrogen and oxygen atoms in total. The molecule has 0 amide bonds. The Kier molecular flexibility index (Phi) is 4.31. The third kappa shape index (κ3) is 3.02. The molecule has 2 aromatic heterocycles. The van der Waals surface area contributed by atoms with E-state index in [-0.39, 0.29) is 0 Å². The minimum absolute atomic E-state index is 0.844. The summed E-state index contributed by atoms with van der Waals surface area (Å²) in [6.45, 7) is 2.01. The molecule has 0 atom stereocenters. The van der Waals surface area contributed by atoms with E-state index >= 15 is 0 Å². The third-order valence-corrected chi connectivity index (χ3v) is 5.30. The first kappa shape index (κ1) is 16.5. The van der Waals surface area contributed by atoms with Crippen LogP contribution in [0.5, 0.6) is 5.75 Å². The summed E-state index contributed by atoms with van der Waals surface area (Å²) in [5, 5.41) is 3.04. The van der Waals surface area contributed by atoms with Gasteiger partial charge in [0.2, 0.25) is 0 Å². The molecule has 0 radical (unpaired) electrons. The van der Waals surface area contributed by atoms with Crippen LogP contribution in [0, 0.1) is 6.92 Å². The summed E-state index contributed by atoms with van der Waals surface area (Å²) in [5.41, 5.74) is 5.22. The molecule has 0 saturated heterocycles. The van der Waals surface area contributed by atoms with E-state index in [4.69, 9.17) is 14.7 Å². The van der Waals surface area contributed by atoms with Crippen molar-refractivity contribution in [3.8, 4) is 5.75 Å². The average Bonchev–Trinajstić information content (AvgIpc) is 3.24. The zero-order chi connectivity index (χ0) is 18.1. The Balaban J connectivity index is 1.90. The first-order chi connectivity index (χ1) is 12.7. The van der Waals surface area contributed by atoms with Crippen molar-refractivity contribution >= 4 is 34.0 Å². The van der Waals surface area contributed by atoms with Gasteiger partial charge < -0.3 is 9.30 Å². The van der Waals surface area contributed by atoms with E-state index in [1.807, 2.05) is 56.4 Å². The van der Waals surface area contributed by atoms with Crippen molar-refractivity contribution in [2.24, 2.45) is 7.05 Å². The van der Waals surface area contributed by atoms with E-state index in [1.54, 1.807) is 18.4 Å². The standard InChI is InChI=1S/C21H19N3OS/c1-14-13-26-21(22-14)17(12-15-8-10-16(25-3)11-9-15)20-23-18-6-4-5-7-19(18)24(20)2/h4-13H,1-3H3/b17-12-. The molecule has 2 heterocycles. The monoisotopic (exact) mass is 361 g/mol. The predicted octanol–water partition coefficient (Wildman–Crippen LogP) is 4.94. The molecule has 5 heteroatoms. The van der Waals surface area contributed by atoms with Crippen LogP contribution in [0.1, 0.15) is 22.1 Å². The van der Waals surface area contributed by atoms with E-state index < -0.39 is 0 Å². The number of nitrogens with zero attached hydrogens (tertiary/aromatic N) is 3. The number of fused-ring (bicyclic) bond motifs is 1. The number of hydrogen-bond acceptors (Lipinski definition) is 4. The second kappa shape index (κ2) is 6.77. The Hall–Kier alpha value is -2.92. The Bertz CT molecular complexity index is 1090. The van der Waals surface area contributed by atoms with Crippen molar-refractivity contribution in [2.45, 2.75) is 6.92 Å². The van der Waals surface area contributed by atoms with Gasteiger partial charge in [-0.25, -0.2) is 9.97 Å². The number of hydrogen-bond donors (Lipinski definition) is 0. The number of aromatic nitrogens is 3. The second-order valence-corrected chi connectivity index (χ2v) is 6.97. The Morgan fingerprint density at radius 2 is 1.85 bits per heavy atom. The zero-order valence-corrected chi connectivity index (χ0v) is 15.7. The lowest BCUT2D eigenvalue weighted by atomic mass is 10.1. The van der Waals surface area contributed by atoms with E-state index in [9.17, 15) is 0 Å². The predicted molar refractivity (Wildman–Crippen MR) is 108 cm³/mol. The van der Waals surface area contributed by atoms with Crippen LogP contribution in [0.2, 0.25) is 0 Å². The number of benzene rings is 2. The van der Waals surface area contributed by atoms with Crippen LogP contribution < -0.4 is 4.74 Å². The number of thiazole rings is 1. The molecule has 0 bridgehead atoms. The van der Waals surface area contributed by atoms with E-state index in [1.165, 1.54) is 0 Å². The fourth-order valence-electron chi connectivity index (χ4n) is 2.95. The van der Waals surface area contributed by atoms with Gasteiger partial charge in [-0.1, -0.05) is 24.3 Å². The largest absolute Gasteiger partial charge is 0.497 e. The normalized spacial score (nSPS) is 11.9. The number of para-hydroxylation sites is 2. The Labute approximate surface area is 156 Å². The lowest BCUT2D eigenvalue weighted by molar-refractivity contribution is 0.415. The first-order valence-corrected chi connectivity index (χ1v) is 9.24. The van der Waals surface area contributed by atoms with Crippen LogP contribution >= 0.6 is 11.3 Å². The highest BCUT2D eigenvalue weighted by Gasteiger charge is 2.16. The number of methoxy groups -OCH3 is 1. The number of rotatable bonds is 4. The van der Waals surface area contributed by atoms with Crippen molar-refractivity contribution in [3.05, 3.63) is 76.0 Å². The summed E-state index contributed by atoms with van der Waals surface area (Å²) in [6, 6.07) is 16.2. The zero-order valence-electron chi connectivity index (χ0n) is 14.9.